The highest BCUT2D eigenvalue weighted by Crippen LogP contribution is 2.26. The number of carbonyl (C=O) groups excluding carboxylic acids is 1. The van der Waals surface area contributed by atoms with Crippen molar-refractivity contribution < 1.29 is 14.3 Å². The summed E-state index contributed by atoms with van der Waals surface area (Å²) in [7, 11) is 0. The van der Waals surface area contributed by atoms with Gasteiger partial charge in [-0.1, -0.05) is 0 Å². The first-order valence-electron chi connectivity index (χ1n) is 9.39. The average molecular weight is 382 g/mol. The molecule has 0 bridgehead atoms. The van der Waals surface area contributed by atoms with Gasteiger partial charge in [0, 0.05) is 17.8 Å². The number of hydrogen-bond acceptors (Lipinski definition) is 4. The number of benzene rings is 2. The summed E-state index contributed by atoms with van der Waals surface area (Å²) in [5.41, 5.74) is 8.71. The van der Waals surface area contributed by atoms with Crippen LogP contribution in [0.4, 0.5) is 11.4 Å². The van der Waals surface area contributed by atoms with Crippen LogP contribution in [0.25, 0.3) is 0 Å². The van der Waals surface area contributed by atoms with Gasteiger partial charge in [0.1, 0.15) is 18.1 Å². The summed E-state index contributed by atoms with van der Waals surface area (Å²) < 4.78 is 11.3. The van der Waals surface area contributed by atoms with Crippen molar-refractivity contribution in [3.63, 3.8) is 0 Å². The van der Waals surface area contributed by atoms with E-state index < -0.39 is 0 Å². The molecule has 0 fully saturated rings. The van der Waals surface area contributed by atoms with Gasteiger partial charge in [-0.05, 0) is 68.3 Å². The Hall–Kier alpha value is -3.22. The molecular formula is C21H26N4O3. The number of guanidine groups is 1. The Morgan fingerprint density at radius 2 is 1.93 bits per heavy atom. The Kier molecular flexibility index (Phi) is 6.37. The zero-order valence-electron chi connectivity index (χ0n) is 16.2. The Morgan fingerprint density at radius 3 is 2.68 bits per heavy atom. The Balaban J connectivity index is 1.45. The van der Waals surface area contributed by atoms with Gasteiger partial charge in [-0.25, -0.2) is 4.99 Å². The smallest absolute Gasteiger partial charge is 0.224 e. The van der Waals surface area contributed by atoms with Crippen LogP contribution in [0, 0.1) is 0 Å². The van der Waals surface area contributed by atoms with Crippen LogP contribution in [0.2, 0.25) is 0 Å². The number of hydrogen-bond donors (Lipinski definition) is 3. The fraction of sp³-hybridized carbons (Fsp3) is 0.333. The molecule has 2 aromatic carbocycles. The maximum absolute atomic E-state index is 11.4. The second-order valence-corrected chi connectivity index (χ2v) is 6.80. The Bertz CT molecular complexity index is 847. The third-order valence-corrected chi connectivity index (χ3v) is 4.11. The van der Waals surface area contributed by atoms with Crippen LogP contribution in [0.1, 0.15) is 25.8 Å². The van der Waals surface area contributed by atoms with Gasteiger partial charge in [-0.15, -0.1) is 0 Å². The van der Waals surface area contributed by atoms with Crippen molar-refractivity contribution in [1.29, 1.82) is 0 Å². The van der Waals surface area contributed by atoms with Crippen molar-refractivity contribution in [2.24, 2.45) is 10.7 Å². The molecule has 28 heavy (non-hydrogen) atoms. The molecule has 0 saturated carbocycles. The lowest BCUT2D eigenvalue weighted by atomic mass is 10.0. The molecule has 3 rings (SSSR count). The topological polar surface area (TPSA) is 98.0 Å². The molecule has 4 N–H and O–H groups in total. The van der Waals surface area contributed by atoms with Crippen molar-refractivity contribution in [2.75, 3.05) is 23.8 Å². The molecule has 0 saturated heterocycles. The minimum absolute atomic E-state index is 0.0561. The molecule has 0 radical (unpaired) electrons. The van der Waals surface area contributed by atoms with Gasteiger partial charge in [-0.3, -0.25) is 4.79 Å². The molecule has 2 aromatic rings. The predicted octanol–water partition coefficient (Wildman–Crippen LogP) is 3.16. The molecule has 0 unspecified atom stereocenters. The van der Waals surface area contributed by atoms with E-state index >= 15 is 0 Å². The van der Waals surface area contributed by atoms with Gasteiger partial charge in [0.2, 0.25) is 5.91 Å². The Morgan fingerprint density at radius 1 is 1.18 bits per heavy atom. The molecule has 7 nitrogen and oxygen atoms in total. The number of nitrogens with one attached hydrogen (secondary N) is 2. The lowest BCUT2D eigenvalue weighted by Crippen LogP contribution is -2.23. The van der Waals surface area contributed by atoms with E-state index in [1.165, 1.54) is 0 Å². The average Bonchev–Trinajstić information content (AvgIpc) is 2.66. The van der Waals surface area contributed by atoms with Crippen LogP contribution in [0.3, 0.4) is 0 Å². The zero-order chi connectivity index (χ0) is 19.9. The normalized spacial score (nSPS) is 13.7. The highest BCUT2D eigenvalue weighted by atomic mass is 16.5. The lowest BCUT2D eigenvalue weighted by Gasteiger charge is -2.17. The van der Waals surface area contributed by atoms with E-state index in [4.69, 9.17) is 15.2 Å². The third kappa shape index (κ3) is 5.64. The molecule has 1 aliphatic heterocycles. The lowest BCUT2D eigenvalue weighted by molar-refractivity contribution is -0.116. The maximum atomic E-state index is 11.4. The number of aliphatic imine (C=N–C) groups is 1. The summed E-state index contributed by atoms with van der Waals surface area (Å²) in [6.07, 6.45) is 1.38. The van der Waals surface area contributed by atoms with Gasteiger partial charge in [-0.2, -0.15) is 0 Å². The van der Waals surface area contributed by atoms with Crippen LogP contribution < -0.4 is 25.8 Å². The number of fused-ring (bicyclic) bond motifs is 1. The second kappa shape index (κ2) is 9.12. The minimum atomic E-state index is 0.0561. The monoisotopic (exact) mass is 382 g/mol. The van der Waals surface area contributed by atoms with E-state index in [1.807, 2.05) is 56.3 Å². The maximum Gasteiger partial charge on any atom is 0.224 e. The highest BCUT2D eigenvalue weighted by molar-refractivity contribution is 5.94. The van der Waals surface area contributed by atoms with E-state index in [0.717, 1.165) is 34.9 Å². The molecule has 0 aliphatic carbocycles. The van der Waals surface area contributed by atoms with Gasteiger partial charge in [0.05, 0.1) is 12.6 Å². The molecule has 1 heterocycles. The van der Waals surface area contributed by atoms with Crippen LogP contribution in [0.15, 0.2) is 47.5 Å². The third-order valence-electron chi connectivity index (χ3n) is 4.11. The molecule has 148 valence electrons. The van der Waals surface area contributed by atoms with Gasteiger partial charge in [0.15, 0.2) is 5.96 Å². The second-order valence-electron chi connectivity index (χ2n) is 6.80. The first kappa shape index (κ1) is 19.5. The summed E-state index contributed by atoms with van der Waals surface area (Å²) in [6.45, 7) is 4.82. The molecular weight excluding hydrogens is 356 g/mol. The molecule has 1 aliphatic rings. The number of amides is 1. The van der Waals surface area contributed by atoms with Crippen molar-refractivity contribution in [1.82, 2.24) is 0 Å². The van der Waals surface area contributed by atoms with Crippen LogP contribution >= 0.6 is 0 Å². The standard InChI is InChI=1S/C21H26N4O3/c1-14(2)28-17-6-4-16(5-7-17)24-21(22)23-11-12-27-18-8-9-19-15(13-18)3-10-20(26)25-19/h4-9,13-14H,3,10-12H2,1-2H3,(H,25,26)(H3,22,23,24). The first-order chi connectivity index (χ1) is 13.5. The van der Waals surface area contributed by atoms with Gasteiger partial charge in [0.25, 0.3) is 0 Å². The van der Waals surface area contributed by atoms with Crippen LogP contribution in [0.5, 0.6) is 11.5 Å². The number of rotatable bonds is 7. The molecule has 0 atom stereocenters. The summed E-state index contributed by atoms with van der Waals surface area (Å²) in [5.74, 6) is 1.96. The number of nitrogens with zero attached hydrogens (tertiary/aromatic N) is 1. The van der Waals surface area contributed by atoms with Gasteiger partial charge < -0.3 is 25.8 Å². The quantitative estimate of drug-likeness (QED) is 0.388. The number of aryl methyl sites for hydroxylation is 1. The van der Waals surface area contributed by atoms with E-state index in [-0.39, 0.29) is 12.0 Å². The summed E-state index contributed by atoms with van der Waals surface area (Å²) >= 11 is 0. The molecule has 0 aromatic heterocycles. The SMILES string of the molecule is CC(C)Oc1ccc(NC(N)=NCCOc2ccc3c(c2)CCC(=O)N3)cc1. The molecule has 1 amide bonds. The van der Waals surface area contributed by atoms with E-state index in [1.54, 1.807) is 0 Å². The van der Waals surface area contributed by atoms with Crippen molar-refractivity contribution in [3.8, 4) is 11.5 Å². The van der Waals surface area contributed by atoms with E-state index in [9.17, 15) is 4.79 Å². The highest BCUT2D eigenvalue weighted by Gasteiger charge is 2.14. The summed E-state index contributed by atoms with van der Waals surface area (Å²) in [4.78, 5) is 15.7. The zero-order valence-corrected chi connectivity index (χ0v) is 16.2. The van der Waals surface area contributed by atoms with Crippen molar-refractivity contribution >= 4 is 23.2 Å². The Labute approximate surface area is 164 Å². The number of nitrogens with two attached hydrogens (primary N) is 1. The van der Waals surface area contributed by atoms with Crippen molar-refractivity contribution in [3.05, 3.63) is 48.0 Å². The largest absolute Gasteiger partial charge is 0.492 e. The number of carbonyl (C=O) groups is 1. The van der Waals surface area contributed by atoms with Gasteiger partial charge >= 0.3 is 0 Å². The first-order valence-corrected chi connectivity index (χ1v) is 9.39. The number of ether oxygens (including phenoxy) is 2. The van der Waals surface area contributed by atoms with Crippen LogP contribution in [-0.4, -0.2) is 31.1 Å². The summed E-state index contributed by atoms with van der Waals surface area (Å²) in [6, 6.07) is 13.2. The fourth-order valence-electron chi connectivity index (χ4n) is 2.86. The molecule has 7 heteroatoms. The predicted molar refractivity (Wildman–Crippen MR) is 111 cm³/mol. The van der Waals surface area contributed by atoms with Crippen molar-refractivity contribution in [2.45, 2.75) is 32.8 Å². The van der Waals surface area contributed by atoms with Crippen LogP contribution in [-0.2, 0) is 11.2 Å². The fourth-order valence-corrected chi connectivity index (χ4v) is 2.86. The van der Waals surface area contributed by atoms with E-state index in [0.29, 0.717) is 25.5 Å². The molecule has 0 spiro atoms. The minimum Gasteiger partial charge on any atom is -0.492 e. The summed E-state index contributed by atoms with van der Waals surface area (Å²) in [5, 5.41) is 5.90. The van der Waals surface area contributed by atoms with E-state index in [2.05, 4.69) is 15.6 Å². The number of anilines is 2.